The van der Waals surface area contributed by atoms with Crippen LogP contribution in [0.5, 0.6) is 0 Å². The molecule has 2 radical (unpaired) electrons. The van der Waals surface area contributed by atoms with Crippen molar-refractivity contribution in [1.82, 2.24) is 0 Å². The second-order valence-corrected chi connectivity index (χ2v) is 1.66. The van der Waals surface area contributed by atoms with Crippen molar-refractivity contribution < 1.29 is 85.2 Å². The largest absolute Gasteiger partial charge is 2.00 e. The number of hydrogen-bond donors (Lipinski definition) is 3. The number of hydrogen-bond acceptors (Lipinski definition) is 5. The first-order valence-corrected chi connectivity index (χ1v) is 2.50. The Morgan fingerprint density at radius 1 is 1.31 bits per heavy atom. The van der Waals surface area contributed by atoms with Crippen molar-refractivity contribution in [2.45, 2.75) is 12.2 Å². The summed E-state index contributed by atoms with van der Waals surface area (Å²) >= 11 is 0. The summed E-state index contributed by atoms with van der Waals surface area (Å²) in [6.45, 7) is 0. The molecule has 0 aliphatic carbocycles. The van der Waals surface area contributed by atoms with Gasteiger partial charge in [0.1, 0.15) is 0 Å². The molecule has 13 heavy (non-hydrogen) atoms. The van der Waals surface area contributed by atoms with Crippen LogP contribution in [-0.2, 0) is 14.2 Å². The van der Waals surface area contributed by atoms with Crippen LogP contribution in [-0.4, -0.2) is 93.0 Å². The minimum atomic E-state index is -2.22. The molecule has 2 atom stereocenters. The van der Waals surface area contributed by atoms with Gasteiger partial charge in [-0.2, -0.15) is 0 Å². The fourth-order valence-electron chi connectivity index (χ4n) is 0.334. The number of aliphatic hydroxyl groups is 2. The second kappa shape index (κ2) is 10.6. The van der Waals surface area contributed by atoms with E-state index in [4.69, 9.17) is 15.3 Å². The third-order valence-electron chi connectivity index (χ3n) is 0.910. The van der Waals surface area contributed by atoms with E-state index in [1.165, 1.54) is 0 Å². The van der Waals surface area contributed by atoms with Gasteiger partial charge in [0.2, 0.25) is 0 Å². The van der Waals surface area contributed by atoms with Crippen molar-refractivity contribution in [2.75, 3.05) is 0 Å². The number of rotatable bonds is 3. The van der Waals surface area contributed by atoms with Gasteiger partial charge in [-0.15, -0.1) is 0 Å². The van der Waals surface area contributed by atoms with Gasteiger partial charge in [-0.1, -0.05) is 0 Å². The van der Waals surface area contributed by atoms with Crippen LogP contribution in [0.3, 0.4) is 0 Å². The summed E-state index contributed by atoms with van der Waals surface area (Å²) in [7, 11) is 4.30. The molecule has 0 aromatic carbocycles. The molecule has 2 unspecified atom stereocenters. The van der Waals surface area contributed by atoms with Crippen molar-refractivity contribution in [3.63, 3.8) is 0 Å². The molecule has 0 aliphatic rings. The molecule has 0 aliphatic heterocycles. The van der Waals surface area contributed by atoms with Gasteiger partial charge in [-0.3, -0.25) is 4.79 Å². The summed E-state index contributed by atoms with van der Waals surface area (Å²) < 4.78 is 3.47. The van der Waals surface area contributed by atoms with Gasteiger partial charge in [0, 0.05) is 0 Å². The number of carbonyl (C=O) groups is 2. The number of carboxylic acid groups (broad SMARTS) is 1. The Kier molecular flexibility index (Phi) is 16.6. The zero-order valence-corrected chi connectivity index (χ0v) is 13.6. The van der Waals surface area contributed by atoms with Crippen LogP contribution < -0.4 is 51.4 Å². The van der Waals surface area contributed by atoms with Gasteiger partial charge in [0.25, 0.3) is 0 Å². The first kappa shape index (κ1) is 20.5. The standard InChI is InChI=1S/C4H5BO6.K.Sr.3H/c5-11-4(10)2(7)1(6)3(8)9;;;;;/h1-2,6-7H,(H,8,9);;;;;/q;+1;+2;3*-1. The Bertz CT molecular complexity index is 189. The molecule has 0 fully saturated rings. The van der Waals surface area contributed by atoms with Gasteiger partial charge >= 0.3 is 117 Å². The quantitative estimate of drug-likeness (QED) is 0.448. The molecular weight excluding hydrogens is 282 g/mol. The summed E-state index contributed by atoms with van der Waals surface area (Å²) in [5, 5.41) is 25.1. The average Bonchev–Trinajstić information content (AvgIpc) is 2.00. The zero-order chi connectivity index (χ0) is 9.02. The van der Waals surface area contributed by atoms with E-state index in [1.54, 1.807) is 0 Å². The molecule has 3 N–H and O–H groups in total. The van der Waals surface area contributed by atoms with Crippen LogP contribution in [0.2, 0.25) is 0 Å². The zero-order valence-electron chi connectivity index (χ0n) is 10.0. The van der Waals surface area contributed by atoms with E-state index in [0.29, 0.717) is 0 Å². The third kappa shape index (κ3) is 7.91. The van der Waals surface area contributed by atoms with E-state index in [-0.39, 0.29) is 101 Å². The van der Waals surface area contributed by atoms with E-state index in [2.05, 4.69) is 12.7 Å². The molecule has 0 aromatic heterocycles. The normalized spacial score (nSPS) is 12.8. The average molecular weight is 290 g/mol. The molecule has 0 saturated heterocycles. The van der Waals surface area contributed by atoms with Gasteiger partial charge in [-0.25, -0.2) is 4.79 Å². The first-order valence-electron chi connectivity index (χ1n) is 2.50. The van der Waals surface area contributed by atoms with Crippen molar-refractivity contribution >= 4 is 65.5 Å². The molecule has 0 rings (SSSR count). The van der Waals surface area contributed by atoms with Crippen LogP contribution in [0.4, 0.5) is 0 Å². The summed E-state index contributed by atoms with van der Waals surface area (Å²) in [5.41, 5.74) is 0. The van der Waals surface area contributed by atoms with E-state index < -0.39 is 24.1 Å². The fourth-order valence-corrected chi connectivity index (χ4v) is 0.334. The Hall–Kier alpha value is 2.04. The van der Waals surface area contributed by atoms with Crippen LogP contribution in [0.1, 0.15) is 4.28 Å². The topological polar surface area (TPSA) is 104 Å². The first-order chi connectivity index (χ1) is 5.00. The molecule has 6 nitrogen and oxygen atoms in total. The molecular formula is C4H8BKO6Sr. The third-order valence-corrected chi connectivity index (χ3v) is 0.910. The molecule has 66 valence electrons. The van der Waals surface area contributed by atoms with E-state index in [0.717, 1.165) is 0 Å². The summed E-state index contributed by atoms with van der Waals surface area (Å²) in [6.07, 6.45) is -4.37. The molecule has 0 spiro atoms. The Morgan fingerprint density at radius 2 is 1.69 bits per heavy atom. The van der Waals surface area contributed by atoms with E-state index in [9.17, 15) is 9.59 Å². The molecule has 0 saturated carbocycles. The SMILES string of the molecule is [B]OC(=O)C(O)C(O)C(=O)O.[H-].[H-].[H-].[K+].[Sr+2]. The van der Waals surface area contributed by atoms with Crippen molar-refractivity contribution in [2.24, 2.45) is 0 Å². The number of carbonyl (C=O) groups excluding carboxylic acids is 1. The minimum absolute atomic E-state index is 0. The van der Waals surface area contributed by atoms with Gasteiger partial charge in [0.05, 0.1) is 0 Å². The van der Waals surface area contributed by atoms with E-state index in [1.807, 2.05) is 0 Å². The predicted molar refractivity (Wildman–Crippen MR) is 40.6 cm³/mol. The maximum absolute atomic E-state index is 10.2. The molecule has 0 bridgehead atoms. The fraction of sp³-hybridized carbons (Fsp3) is 0.500. The van der Waals surface area contributed by atoms with Gasteiger partial charge in [-0.05, 0) is 0 Å². The number of carboxylic acids is 1. The molecule has 0 amide bonds. The van der Waals surface area contributed by atoms with Crippen molar-refractivity contribution in [3.05, 3.63) is 0 Å². The minimum Gasteiger partial charge on any atom is -1.00 e. The molecule has 0 heterocycles. The Balaban J connectivity index is -0.0000000500. The van der Waals surface area contributed by atoms with Gasteiger partial charge < -0.3 is 24.3 Å². The van der Waals surface area contributed by atoms with Crippen molar-refractivity contribution in [3.8, 4) is 0 Å². The van der Waals surface area contributed by atoms with Crippen LogP contribution in [0.25, 0.3) is 0 Å². The Labute approximate surface area is 160 Å². The van der Waals surface area contributed by atoms with Crippen LogP contribution >= 0.6 is 0 Å². The van der Waals surface area contributed by atoms with Crippen LogP contribution in [0, 0.1) is 0 Å². The Morgan fingerprint density at radius 3 is 1.92 bits per heavy atom. The van der Waals surface area contributed by atoms with Crippen molar-refractivity contribution in [1.29, 1.82) is 0 Å². The maximum atomic E-state index is 10.2. The number of aliphatic carboxylic acids is 1. The van der Waals surface area contributed by atoms with Gasteiger partial charge in [0.15, 0.2) is 12.2 Å². The monoisotopic (exact) mass is 290 g/mol. The molecule has 9 heteroatoms. The summed E-state index contributed by atoms with van der Waals surface area (Å²) in [5.74, 6) is -3.14. The van der Waals surface area contributed by atoms with E-state index >= 15 is 0 Å². The number of aliphatic hydroxyl groups excluding tert-OH is 2. The summed E-state index contributed by atoms with van der Waals surface area (Å²) in [6, 6.07) is 0. The second-order valence-electron chi connectivity index (χ2n) is 1.66. The predicted octanol–water partition coefficient (Wildman–Crippen LogP) is -5.62. The molecule has 0 aromatic rings. The smallest absolute Gasteiger partial charge is 1.00 e. The van der Waals surface area contributed by atoms with Crippen LogP contribution in [0.15, 0.2) is 0 Å². The maximum Gasteiger partial charge on any atom is 2.00 e. The summed E-state index contributed by atoms with van der Waals surface area (Å²) in [4.78, 5) is 20.1.